The molecule has 0 aromatic heterocycles. The van der Waals surface area contributed by atoms with Gasteiger partial charge in [-0.1, -0.05) is 36.3 Å². The number of nitrogens with one attached hydrogen (secondary N) is 1. The number of terminal acetylenes is 1. The molecule has 0 atom stereocenters. The monoisotopic (exact) mass is 199 g/mol. The summed E-state index contributed by atoms with van der Waals surface area (Å²) >= 11 is 0. The van der Waals surface area contributed by atoms with Gasteiger partial charge in [-0.3, -0.25) is 4.79 Å². The summed E-state index contributed by atoms with van der Waals surface area (Å²) in [5.41, 5.74) is 1.85. The van der Waals surface area contributed by atoms with Gasteiger partial charge in [0.1, 0.15) is 0 Å². The Bertz CT molecular complexity index is 413. The van der Waals surface area contributed by atoms with Crippen LogP contribution in [0.25, 0.3) is 6.08 Å². The molecule has 1 rings (SSSR count). The van der Waals surface area contributed by atoms with E-state index in [4.69, 9.17) is 6.42 Å². The molecule has 1 N–H and O–H groups in total. The molecule has 76 valence electrons. The molecule has 0 saturated carbocycles. The summed E-state index contributed by atoms with van der Waals surface area (Å²) in [5, 5.41) is 2.68. The summed E-state index contributed by atoms with van der Waals surface area (Å²) in [6.45, 7) is 2.01. The highest BCUT2D eigenvalue weighted by molar-refractivity contribution is 5.73. The third-order valence-electron chi connectivity index (χ3n) is 1.88. The largest absolute Gasteiger partial charge is 0.353 e. The molecule has 1 aromatic rings. The predicted molar refractivity (Wildman–Crippen MR) is 62.1 cm³/mol. The summed E-state index contributed by atoms with van der Waals surface area (Å²) in [4.78, 5) is 10.6. The molecule has 0 aliphatic carbocycles. The predicted octanol–water partition coefficient (Wildman–Crippen LogP) is 1.82. The Balaban J connectivity index is 2.64. The van der Waals surface area contributed by atoms with E-state index >= 15 is 0 Å². The van der Waals surface area contributed by atoms with Gasteiger partial charge in [0.15, 0.2) is 0 Å². The van der Waals surface area contributed by atoms with Gasteiger partial charge in [0.25, 0.3) is 0 Å². The minimum Gasteiger partial charge on any atom is -0.353 e. The zero-order valence-electron chi connectivity index (χ0n) is 8.66. The molecular weight excluding hydrogens is 186 g/mol. The van der Waals surface area contributed by atoms with Gasteiger partial charge in [-0.15, -0.1) is 6.42 Å². The van der Waals surface area contributed by atoms with E-state index in [-0.39, 0.29) is 5.91 Å². The highest BCUT2D eigenvalue weighted by atomic mass is 16.1. The molecule has 0 radical (unpaired) electrons. The lowest BCUT2D eigenvalue weighted by Crippen LogP contribution is -2.19. The molecular formula is C13H13NO. The van der Waals surface area contributed by atoms with E-state index in [1.807, 2.05) is 36.4 Å². The van der Waals surface area contributed by atoms with Crippen LogP contribution in [0.4, 0.5) is 0 Å². The molecule has 0 unspecified atom stereocenters. The average molecular weight is 199 g/mol. The number of carbonyl (C=O) groups is 1. The Morgan fingerprint density at radius 3 is 2.93 bits per heavy atom. The van der Waals surface area contributed by atoms with Crippen LogP contribution >= 0.6 is 0 Å². The fourth-order valence-electron chi connectivity index (χ4n) is 1.16. The van der Waals surface area contributed by atoms with Crippen LogP contribution in [0, 0.1) is 12.3 Å². The van der Waals surface area contributed by atoms with Crippen LogP contribution in [0.2, 0.25) is 0 Å². The molecule has 0 heterocycles. The zero-order chi connectivity index (χ0) is 11.1. The second-order valence-electron chi connectivity index (χ2n) is 3.07. The topological polar surface area (TPSA) is 29.1 Å². The van der Waals surface area contributed by atoms with Gasteiger partial charge < -0.3 is 5.32 Å². The van der Waals surface area contributed by atoms with Crippen LogP contribution in [0.1, 0.15) is 18.1 Å². The maximum absolute atomic E-state index is 10.6. The first-order valence-corrected chi connectivity index (χ1v) is 4.70. The lowest BCUT2D eigenvalue weighted by Gasteiger charge is -1.98. The van der Waals surface area contributed by atoms with Gasteiger partial charge in [-0.05, 0) is 11.6 Å². The van der Waals surface area contributed by atoms with E-state index in [1.54, 1.807) is 0 Å². The number of hydrogen-bond donors (Lipinski definition) is 1. The maximum atomic E-state index is 10.6. The summed E-state index contributed by atoms with van der Waals surface area (Å²) in [5.74, 6) is 2.57. The maximum Gasteiger partial charge on any atom is 0.217 e. The van der Waals surface area contributed by atoms with Crippen molar-refractivity contribution in [1.82, 2.24) is 5.32 Å². The fourth-order valence-corrected chi connectivity index (χ4v) is 1.16. The molecule has 0 bridgehead atoms. The minimum atomic E-state index is -0.0371. The summed E-state index contributed by atoms with van der Waals surface area (Å²) in [6, 6.07) is 7.66. The first-order chi connectivity index (χ1) is 7.24. The second kappa shape index (κ2) is 5.66. The van der Waals surface area contributed by atoms with Gasteiger partial charge in [-0.25, -0.2) is 0 Å². The van der Waals surface area contributed by atoms with Crippen LogP contribution < -0.4 is 5.32 Å². The molecule has 0 aliphatic rings. The SMILES string of the molecule is C#Cc1ccccc1C=CCNC(C)=O. The van der Waals surface area contributed by atoms with E-state index in [2.05, 4.69) is 11.2 Å². The van der Waals surface area contributed by atoms with E-state index < -0.39 is 0 Å². The van der Waals surface area contributed by atoms with Crippen molar-refractivity contribution in [2.24, 2.45) is 0 Å². The highest BCUT2D eigenvalue weighted by Gasteiger charge is 1.93. The van der Waals surface area contributed by atoms with Crippen LogP contribution in [0.3, 0.4) is 0 Å². The van der Waals surface area contributed by atoms with Gasteiger partial charge in [-0.2, -0.15) is 0 Å². The Morgan fingerprint density at radius 1 is 1.53 bits per heavy atom. The molecule has 1 aromatic carbocycles. The van der Waals surface area contributed by atoms with Crippen LogP contribution in [-0.2, 0) is 4.79 Å². The fraction of sp³-hybridized carbons (Fsp3) is 0.154. The Morgan fingerprint density at radius 2 is 2.27 bits per heavy atom. The van der Waals surface area contributed by atoms with E-state index in [9.17, 15) is 4.79 Å². The molecule has 1 amide bonds. The molecule has 0 saturated heterocycles. The normalized spacial score (nSPS) is 9.87. The molecule has 0 aliphatic heterocycles. The lowest BCUT2D eigenvalue weighted by atomic mass is 10.1. The summed E-state index contributed by atoms with van der Waals surface area (Å²) in [7, 11) is 0. The van der Waals surface area contributed by atoms with E-state index in [0.717, 1.165) is 11.1 Å². The average Bonchev–Trinajstić information content (AvgIpc) is 2.24. The van der Waals surface area contributed by atoms with E-state index in [0.29, 0.717) is 6.54 Å². The first kappa shape index (κ1) is 11.1. The third kappa shape index (κ3) is 3.70. The van der Waals surface area contributed by atoms with Crippen molar-refractivity contribution in [3.05, 3.63) is 41.5 Å². The number of hydrogen-bond acceptors (Lipinski definition) is 1. The Hall–Kier alpha value is -2.01. The van der Waals surface area contributed by atoms with Gasteiger partial charge in [0.05, 0.1) is 0 Å². The van der Waals surface area contributed by atoms with Crippen molar-refractivity contribution in [2.75, 3.05) is 6.54 Å². The number of rotatable bonds is 3. The van der Waals surface area contributed by atoms with Crippen molar-refractivity contribution in [1.29, 1.82) is 0 Å². The first-order valence-electron chi connectivity index (χ1n) is 4.70. The Labute approximate surface area is 90.0 Å². The Kier molecular flexibility index (Phi) is 4.18. The van der Waals surface area contributed by atoms with Crippen molar-refractivity contribution < 1.29 is 4.79 Å². The van der Waals surface area contributed by atoms with Gasteiger partial charge in [0.2, 0.25) is 5.91 Å². The number of amides is 1. The highest BCUT2D eigenvalue weighted by Crippen LogP contribution is 2.08. The summed E-state index contributed by atoms with van der Waals surface area (Å²) < 4.78 is 0. The van der Waals surface area contributed by atoms with Crippen molar-refractivity contribution in [3.63, 3.8) is 0 Å². The quantitative estimate of drug-likeness (QED) is 0.739. The molecule has 15 heavy (non-hydrogen) atoms. The van der Waals surface area contributed by atoms with Crippen molar-refractivity contribution in [3.8, 4) is 12.3 Å². The smallest absolute Gasteiger partial charge is 0.217 e. The third-order valence-corrected chi connectivity index (χ3v) is 1.88. The van der Waals surface area contributed by atoms with Gasteiger partial charge >= 0.3 is 0 Å². The van der Waals surface area contributed by atoms with Crippen molar-refractivity contribution >= 4 is 12.0 Å². The van der Waals surface area contributed by atoms with Crippen LogP contribution in [0.15, 0.2) is 30.3 Å². The van der Waals surface area contributed by atoms with Crippen LogP contribution in [-0.4, -0.2) is 12.5 Å². The zero-order valence-corrected chi connectivity index (χ0v) is 8.66. The molecule has 2 nitrogen and oxygen atoms in total. The lowest BCUT2D eigenvalue weighted by molar-refractivity contribution is -0.118. The summed E-state index contributed by atoms with van der Waals surface area (Å²) in [6.07, 6.45) is 9.13. The van der Waals surface area contributed by atoms with E-state index in [1.165, 1.54) is 6.92 Å². The molecule has 0 spiro atoms. The standard InChI is InChI=1S/C13H13NO/c1-3-12-7-4-5-8-13(12)9-6-10-14-11(2)15/h1,4-9H,10H2,2H3,(H,14,15). The van der Waals surface area contributed by atoms with Crippen LogP contribution in [0.5, 0.6) is 0 Å². The number of benzene rings is 1. The van der Waals surface area contributed by atoms with Gasteiger partial charge in [0, 0.05) is 19.0 Å². The second-order valence-corrected chi connectivity index (χ2v) is 3.07. The number of carbonyl (C=O) groups excluding carboxylic acids is 1. The van der Waals surface area contributed by atoms with Crippen molar-refractivity contribution in [2.45, 2.75) is 6.92 Å². The minimum absolute atomic E-state index is 0.0371. The molecule has 0 fully saturated rings. The molecule has 2 heteroatoms.